The fourth-order valence-electron chi connectivity index (χ4n) is 5.73. The molecule has 1 atom stereocenters. The van der Waals surface area contributed by atoms with Crippen LogP contribution in [0.2, 0.25) is 0 Å². The topological polar surface area (TPSA) is 91.4 Å². The fourth-order valence-corrected chi connectivity index (χ4v) is 7.44. The summed E-state index contributed by atoms with van der Waals surface area (Å²) in [5.74, 6) is 0.901. The normalized spacial score (nSPS) is 16.6. The Morgan fingerprint density at radius 3 is 2.38 bits per heavy atom. The summed E-state index contributed by atoms with van der Waals surface area (Å²) in [4.78, 5) is 46.8. The van der Waals surface area contributed by atoms with Crippen LogP contribution in [0.4, 0.5) is 15.3 Å². The second-order valence-electron chi connectivity index (χ2n) is 12.6. The van der Waals surface area contributed by atoms with E-state index in [0.717, 1.165) is 35.6 Å². The van der Waals surface area contributed by atoms with Gasteiger partial charge in [-0.05, 0) is 84.7 Å². The molecule has 50 heavy (non-hydrogen) atoms. The van der Waals surface area contributed by atoms with E-state index in [4.69, 9.17) is 0 Å². The van der Waals surface area contributed by atoms with Crippen molar-refractivity contribution in [1.82, 2.24) is 9.88 Å². The molecule has 11 heteroatoms. The molecule has 0 radical (unpaired) electrons. The maximum absolute atomic E-state index is 13.3. The van der Waals surface area contributed by atoms with Crippen LogP contribution in [-0.2, 0) is 14.4 Å². The molecule has 1 saturated heterocycles. The molecule has 0 bridgehead atoms. The van der Waals surface area contributed by atoms with Crippen LogP contribution in [-0.4, -0.2) is 51.9 Å². The predicted molar refractivity (Wildman–Crippen MR) is 210 cm³/mol. The Morgan fingerprint density at radius 1 is 1.16 bits per heavy atom. The van der Waals surface area contributed by atoms with Gasteiger partial charge >= 0.3 is 51.4 Å². The van der Waals surface area contributed by atoms with Gasteiger partial charge in [0.2, 0.25) is 5.91 Å². The van der Waals surface area contributed by atoms with Crippen LogP contribution < -0.4 is 62.0 Å². The van der Waals surface area contributed by atoms with Crippen molar-refractivity contribution in [2.24, 2.45) is 5.92 Å². The Balaban J connectivity index is 0.00000214. The third-order valence-corrected chi connectivity index (χ3v) is 10.8. The maximum Gasteiger partial charge on any atom is 1.00 e. The number of allylic oxidation sites excluding steroid dienone is 6. The molecular weight excluding hydrogens is 695 g/mol. The zero-order valence-electron chi connectivity index (χ0n) is 32.0. The summed E-state index contributed by atoms with van der Waals surface area (Å²) < 4.78 is 11.4. The zero-order valence-corrected chi connectivity index (χ0v) is 36.8. The summed E-state index contributed by atoms with van der Waals surface area (Å²) in [6, 6.07) is 1.74. The predicted octanol–water partition coefficient (Wildman–Crippen LogP) is 7.40. The van der Waals surface area contributed by atoms with E-state index in [1.165, 1.54) is 43.9 Å². The summed E-state index contributed by atoms with van der Waals surface area (Å²) in [7, 11) is 0. The van der Waals surface area contributed by atoms with Gasteiger partial charge in [0.05, 0.1) is 29.8 Å². The van der Waals surface area contributed by atoms with E-state index in [-0.39, 0.29) is 81.9 Å². The van der Waals surface area contributed by atoms with Crippen LogP contribution in [0, 0.1) is 27.2 Å². The van der Waals surface area contributed by atoms with Crippen LogP contribution in [0.15, 0.2) is 57.5 Å². The Hall–Kier alpha value is -1.18. The molecule has 274 valence electrons. The summed E-state index contributed by atoms with van der Waals surface area (Å²) in [6.45, 7) is 18.9. The van der Waals surface area contributed by atoms with E-state index in [9.17, 15) is 18.3 Å². The number of hydrogen-bond donors (Lipinski definition) is 2. The van der Waals surface area contributed by atoms with Gasteiger partial charge in [-0.25, -0.2) is 0 Å². The zero-order chi connectivity index (χ0) is 35.7. The Bertz CT molecular complexity index is 1370. The minimum Gasteiger partial charge on any atom is -0.374 e. The number of ketones is 1. The van der Waals surface area contributed by atoms with Crippen molar-refractivity contribution < 1.29 is 69.7 Å². The molecule has 2 fully saturated rings. The molecule has 1 aliphatic carbocycles. The van der Waals surface area contributed by atoms with E-state index < -0.39 is 0 Å². The molecule has 2 N–H and O–H groups in total. The average molecular weight is 754 g/mol. The molecule has 7 nitrogen and oxygen atoms in total. The van der Waals surface area contributed by atoms with E-state index in [1.807, 2.05) is 45.9 Å². The monoisotopic (exact) mass is 753 g/mol. The first-order chi connectivity index (χ1) is 22.9. The van der Waals surface area contributed by atoms with Gasteiger partial charge in [-0.1, -0.05) is 64.3 Å². The Morgan fingerprint density at radius 2 is 1.84 bits per heavy atom. The summed E-state index contributed by atoms with van der Waals surface area (Å²) in [5.41, 5.74) is 2.86. The van der Waals surface area contributed by atoms with Gasteiger partial charge in [0.25, 0.3) is 0 Å². The number of halogens is 1. The number of anilines is 2. The number of pyridine rings is 1. The second kappa shape index (κ2) is 25.7. The number of carbonyl (C=O) groups is 3. The number of nitrogens with one attached hydrogen (secondary N) is 2. The largest absolute Gasteiger partial charge is 1.00 e. The molecule has 1 saturated carbocycles. The van der Waals surface area contributed by atoms with E-state index in [1.54, 1.807) is 25.3 Å². The first-order valence-corrected chi connectivity index (χ1v) is 18.9. The molecule has 1 aliphatic heterocycles. The number of aromatic nitrogens is 1. The van der Waals surface area contributed by atoms with E-state index in [2.05, 4.69) is 41.3 Å². The van der Waals surface area contributed by atoms with Crippen LogP contribution in [0.1, 0.15) is 105 Å². The molecule has 1 unspecified atom stereocenters. The van der Waals surface area contributed by atoms with Crippen LogP contribution in [0.3, 0.4) is 0 Å². The molecule has 2 heterocycles. The Labute approximate surface area is 353 Å². The summed E-state index contributed by atoms with van der Waals surface area (Å²) in [5, 5.41) is 5.90. The second-order valence-corrected chi connectivity index (χ2v) is 14.4. The number of rotatable bonds is 16. The third-order valence-electron chi connectivity index (χ3n) is 9.05. The van der Waals surface area contributed by atoms with Crippen LogP contribution in [0.5, 0.6) is 0 Å². The number of amides is 2. The van der Waals surface area contributed by atoms with Crippen molar-refractivity contribution in [2.75, 3.05) is 29.5 Å². The van der Waals surface area contributed by atoms with Gasteiger partial charge in [-0.15, -0.1) is 10.5 Å². The van der Waals surface area contributed by atoms with Crippen molar-refractivity contribution in [3.05, 3.63) is 77.6 Å². The quantitative estimate of drug-likeness (QED) is 0.0788. The van der Waals surface area contributed by atoms with Gasteiger partial charge in [0, 0.05) is 33.9 Å². The molecule has 2 amide bonds. The number of aryl methyl sites for hydroxylation is 1. The molecule has 0 aromatic carbocycles. The van der Waals surface area contributed by atoms with Gasteiger partial charge in [-0.3, -0.25) is 19.5 Å². The Kier molecular flexibility index (Phi) is 25.1. The third kappa shape index (κ3) is 15.4. The maximum atomic E-state index is 13.3. The molecule has 2 aliphatic rings. The molecule has 1 spiro atoms. The smallest absolute Gasteiger partial charge is 0.374 e. The van der Waals surface area contributed by atoms with Crippen molar-refractivity contribution >= 4 is 52.9 Å². The average Bonchev–Trinajstić information content (AvgIpc) is 3.48. The number of likely N-dealkylation sites (tertiary alicyclic amines) is 1. The van der Waals surface area contributed by atoms with Crippen molar-refractivity contribution in [2.45, 2.75) is 112 Å². The minimum absolute atomic E-state index is 0. The summed E-state index contributed by atoms with van der Waals surface area (Å²) in [6.07, 6.45) is 18.6. The number of Topliss-reactive ketones (excluding diaryl/α,β-unsaturated/α-hetero) is 1. The molecule has 1 aromatic heterocycles. The van der Waals surface area contributed by atoms with E-state index >= 15 is 0 Å². The number of hydrogen-bond acceptors (Lipinski definition) is 7. The molecular formula is C39H59FKN4O3S2-. The number of nitrogens with zero attached hydrogens (tertiary/aromatic N) is 2. The van der Waals surface area contributed by atoms with Crippen molar-refractivity contribution in [1.29, 1.82) is 0 Å². The van der Waals surface area contributed by atoms with Crippen molar-refractivity contribution in [3.8, 4) is 0 Å². The van der Waals surface area contributed by atoms with Crippen LogP contribution >= 0.6 is 23.9 Å². The summed E-state index contributed by atoms with van der Waals surface area (Å²) >= 11 is 1.85. The fraction of sp³-hybridized carbons (Fsp3) is 0.538. The van der Waals surface area contributed by atoms with Gasteiger partial charge in [-0.2, -0.15) is 22.6 Å². The van der Waals surface area contributed by atoms with Gasteiger partial charge in [0.1, 0.15) is 5.91 Å². The standard InChI is InChI=1S/C32H43N4O3S.C6H13FS.CH3.K/c1-7-10-14-26(24(6)37)28(9-3)40-29(13-8-2)22(4)31(39)35-27-19-25(20-33-23(27)5)34-30(38)21-36-18-12-17-32(36)15-11-16-32;1-3-6(2)4-5-8-7;;/h7,9-10,14,19-20H,4,8,11-13,15-18,21H2,1-3,5-6H3,(H,34,38)(H,35,39);6H,3-5H2,1-2H3;1H3;/q-1;;-1;+1/b10-7-,26-14+,28-9-,29-22-;;;. The first kappa shape index (κ1) is 48.8. The van der Waals surface area contributed by atoms with Crippen LogP contribution in [0.25, 0.3) is 0 Å². The minimum atomic E-state index is -0.342. The first-order valence-electron chi connectivity index (χ1n) is 17.2. The van der Waals surface area contributed by atoms with Gasteiger partial charge < -0.3 is 22.9 Å². The van der Waals surface area contributed by atoms with E-state index in [0.29, 0.717) is 65.0 Å². The molecule has 3 rings (SSSR count). The molecule has 1 aromatic rings. The van der Waals surface area contributed by atoms with Gasteiger partial charge in [0.15, 0.2) is 5.78 Å². The SMILES string of the molecule is CCC(C)CCSF.[CH2-]/C(C(=O)Nc1cc(NC(=O)CN2CCCC23CCC3)cnc1C)=C(\CCC)SC(=C\C)/C(=C/C=C\C)C(C)=O.[CH3-].[K+]. The number of carbonyl (C=O) groups excluding carboxylic acids is 3. The number of thioether (sulfide) groups is 1. The van der Waals surface area contributed by atoms with Crippen molar-refractivity contribution in [3.63, 3.8) is 0 Å².